The van der Waals surface area contributed by atoms with Crippen molar-refractivity contribution in [2.45, 2.75) is 26.3 Å². The Bertz CT molecular complexity index is 987. The number of amides is 1. The van der Waals surface area contributed by atoms with Crippen LogP contribution in [0.15, 0.2) is 34.9 Å². The van der Waals surface area contributed by atoms with E-state index >= 15 is 0 Å². The summed E-state index contributed by atoms with van der Waals surface area (Å²) in [4.78, 5) is 18.1. The Morgan fingerprint density at radius 1 is 1.38 bits per heavy atom. The summed E-state index contributed by atoms with van der Waals surface area (Å²) in [7, 11) is 0. The molecule has 0 unspecified atom stereocenters. The number of hydrogen-bond acceptors (Lipinski definition) is 6. The van der Waals surface area contributed by atoms with E-state index in [0.29, 0.717) is 11.7 Å². The molecule has 2 heterocycles. The molecule has 132 valence electrons. The van der Waals surface area contributed by atoms with Crippen LogP contribution < -0.4 is 5.32 Å². The van der Waals surface area contributed by atoms with Gasteiger partial charge in [-0.1, -0.05) is 19.0 Å². The average Bonchev–Trinajstić information content (AvgIpc) is 3.28. The first-order valence-corrected chi connectivity index (χ1v) is 8.70. The van der Waals surface area contributed by atoms with Gasteiger partial charge >= 0.3 is 0 Å². The first-order chi connectivity index (χ1) is 12.5. The van der Waals surface area contributed by atoms with Crippen molar-refractivity contribution in [3.05, 3.63) is 58.0 Å². The number of benzene rings is 1. The highest BCUT2D eigenvalue weighted by Crippen LogP contribution is 2.27. The molecular weight excluding hydrogens is 355 g/mol. The number of halogens is 1. The van der Waals surface area contributed by atoms with Crippen LogP contribution in [0.3, 0.4) is 0 Å². The third-order valence-corrected chi connectivity index (χ3v) is 4.67. The van der Waals surface area contributed by atoms with Crippen molar-refractivity contribution in [2.24, 2.45) is 0 Å². The lowest BCUT2D eigenvalue weighted by molar-refractivity contribution is 0.0947. The summed E-state index contributed by atoms with van der Waals surface area (Å²) >= 11 is 1.41. The average molecular weight is 370 g/mol. The number of hydrogen-bond donors (Lipinski definition) is 1. The molecule has 1 aromatic carbocycles. The quantitative estimate of drug-likeness (QED) is 0.736. The Kier molecular flexibility index (Phi) is 5.09. The predicted octanol–water partition coefficient (Wildman–Crippen LogP) is 3.86. The Balaban J connectivity index is 1.66. The van der Waals surface area contributed by atoms with E-state index in [1.54, 1.807) is 0 Å². The minimum Gasteiger partial charge on any atom is -0.347 e. The molecule has 0 aliphatic rings. The SMILES string of the molecule is CC(C)c1noc(-c2ccc(CNC(=O)c3ccc(C#N)cc3F)s2)n1. The number of nitrogens with zero attached hydrogens (tertiary/aromatic N) is 3. The van der Waals surface area contributed by atoms with Crippen LogP contribution >= 0.6 is 11.3 Å². The van der Waals surface area contributed by atoms with E-state index in [1.165, 1.54) is 23.5 Å². The molecule has 3 aromatic rings. The molecule has 0 saturated carbocycles. The number of rotatable bonds is 5. The largest absolute Gasteiger partial charge is 0.347 e. The van der Waals surface area contributed by atoms with Gasteiger partial charge < -0.3 is 9.84 Å². The van der Waals surface area contributed by atoms with E-state index in [0.717, 1.165) is 15.8 Å². The lowest BCUT2D eigenvalue weighted by Gasteiger charge is -2.05. The van der Waals surface area contributed by atoms with Crippen molar-refractivity contribution in [2.75, 3.05) is 0 Å². The Morgan fingerprint density at radius 3 is 2.85 bits per heavy atom. The maximum Gasteiger partial charge on any atom is 0.268 e. The van der Waals surface area contributed by atoms with Gasteiger partial charge in [0, 0.05) is 10.8 Å². The summed E-state index contributed by atoms with van der Waals surface area (Å²) in [6.45, 7) is 4.20. The zero-order valence-electron chi connectivity index (χ0n) is 14.1. The van der Waals surface area contributed by atoms with Crippen LogP contribution in [0.25, 0.3) is 10.8 Å². The molecule has 3 rings (SSSR count). The first kappa shape index (κ1) is 17.8. The number of aromatic nitrogens is 2. The van der Waals surface area contributed by atoms with Gasteiger partial charge in [-0.25, -0.2) is 4.39 Å². The summed E-state index contributed by atoms with van der Waals surface area (Å²) in [5.41, 5.74) is 0.0709. The third kappa shape index (κ3) is 3.78. The van der Waals surface area contributed by atoms with Crippen LogP contribution in [0.2, 0.25) is 0 Å². The highest BCUT2D eigenvalue weighted by atomic mass is 32.1. The first-order valence-electron chi connectivity index (χ1n) is 7.88. The minimum atomic E-state index is -0.722. The number of carbonyl (C=O) groups excluding carboxylic acids is 1. The minimum absolute atomic E-state index is 0.0979. The molecule has 0 aliphatic heterocycles. The summed E-state index contributed by atoms with van der Waals surface area (Å²) < 4.78 is 19.1. The summed E-state index contributed by atoms with van der Waals surface area (Å²) in [6, 6.07) is 9.26. The fourth-order valence-corrected chi connectivity index (χ4v) is 3.06. The third-order valence-electron chi connectivity index (χ3n) is 3.60. The maximum atomic E-state index is 13.9. The molecule has 0 bridgehead atoms. The van der Waals surface area contributed by atoms with Gasteiger partial charge in [0.15, 0.2) is 5.82 Å². The smallest absolute Gasteiger partial charge is 0.268 e. The Labute approximate surface area is 153 Å². The van der Waals surface area contributed by atoms with E-state index in [1.807, 2.05) is 32.0 Å². The topological polar surface area (TPSA) is 91.8 Å². The van der Waals surface area contributed by atoms with Crippen LogP contribution in [-0.2, 0) is 6.54 Å². The Morgan fingerprint density at radius 2 is 2.19 bits per heavy atom. The van der Waals surface area contributed by atoms with E-state index in [2.05, 4.69) is 15.5 Å². The van der Waals surface area contributed by atoms with Crippen LogP contribution in [0.1, 0.15) is 46.4 Å². The van der Waals surface area contributed by atoms with Gasteiger partial charge in [0.1, 0.15) is 5.82 Å². The van der Waals surface area contributed by atoms with Crippen LogP contribution in [-0.4, -0.2) is 16.0 Å². The van der Waals surface area contributed by atoms with Gasteiger partial charge in [-0.05, 0) is 30.3 Å². The molecule has 0 spiro atoms. The standard InChI is InChI=1S/C18H15FN4O2S/c1-10(2)16-22-18(25-23-16)15-6-4-12(26-15)9-21-17(24)13-5-3-11(8-20)7-14(13)19/h3-7,10H,9H2,1-2H3,(H,21,24). The zero-order chi connectivity index (χ0) is 18.7. The highest BCUT2D eigenvalue weighted by molar-refractivity contribution is 7.15. The van der Waals surface area contributed by atoms with Crippen molar-refractivity contribution in [3.63, 3.8) is 0 Å². The van der Waals surface area contributed by atoms with Crippen molar-refractivity contribution in [3.8, 4) is 16.8 Å². The second-order valence-corrected chi connectivity index (χ2v) is 7.04. The lowest BCUT2D eigenvalue weighted by Crippen LogP contribution is -2.23. The number of nitriles is 1. The van der Waals surface area contributed by atoms with Crippen molar-refractivity contribution < 1.29 is 13.7 Å². The molecule has 0 aliphatic carbocycles. The zero-order valence-corrected chi connectivity index (χ0v) is 14.9. The number of nitrogens with one attached hydrogen (secondary N) is 1. The second-order valence-electron chi connectivity index (χ2n) is 5.87. The van der Waals surface area contributed by atoms with E-state index in [4.69, 9.17) is 9.78 Å². The van der Waals surface area contributed by atoms with Gasteiger partial charge in [0.25, 0.3) is 11.8 Å². The van der Waals surface area contributed by atoms with Gasteiger partial charge in [-0.15, -0.1) is 11.3 Å². The Hall–Kier alpha value is -3.05. The molecule has 2 aromatic heterocycles. The fraction of sp³-hybridized carbons (Fsp3) is 0.222. The molecule has 0 atom stereocenters. The lowest BCUT2D eigenvalue weighted by atomic mass is 10.1. The molecule has 0 saturated heterocycles. The molecular formula is C18H15FN4O2S. The number of thiophene rings is 1. The predicted molar refractivity (Wildman–Crippen MR) is 94.0 cm³/mol. The number of carbonyl (C=O) groups is 1. The van der Waals surface area contributed by atoms with Gasteiger partial charge in [-0.3, -0.25) is 4.79 Å². The van der Waals surface area contributed by atoms with Crippen molar-refractivity contribution in [1.29, 1.82) is 5.26 Å². The van der Waals surface area contributed by atoms with Crippen molar-refractivity contribution >= 4 is 17.2 Å². The second kappa shape index (κ2) is 7.45. The molecule has 6 nitrogen and oxygen atoms in total. The van der Waals surface area contributed by atoms with E-state index < -0.39 is 11.7 Å². The normalized spacial score (nSPS) is 10.7. The summed E-state index contributed by atoms with van der Waals surface area (Å²) in [5.74, 6) is -0.00943. The van der Waals surface area contributed by atoms with Crippen LogP contribution in [0.5, 0.6) is 0 Å². The summed E-state index contributed by atoms with van der Waals surface area (Å²) in [5, 5.41) is 15.3. The van der Waals surface area contributed by atoms with Gasteiger partial charge in [-0.2, -0.15) is 10.2 Å². The molecule has 1 amide bonds. The highest BCUT2D eigenvalue weighted by Gasteiger charge is 2.15. The monoisotopic (exact) mass is 370 g/mol. The molecule has 26 heavy (non-hydrogen) atoms. The van der Waals surface area contributed by atoms with E-state index in [-0.39, 0.29) is 23.6 Å². The van der Waals surface area contributed by atoms with Crippen LogP contribution in [0.4, 0.5) is 4.39 Å². The molecule has 0 radical (unpaired) electrons. The maximum absolute atomic E-state index is 13.9. The molecule has 8 heteroatoms. The molecule has 0 fully saturated rings. The summed E-state index contributed by atoms with van der Waals surface area (Å²) in [6.07, 6.45) is 0. The van der Waals surface area contributed by atoms with Gasteiger partial charge in [0.05, 0.1) is 28.6 Å². The van der Waals surface area contributed by atoms with E-state index in [9.17, 15) is 9.18 Å². The molecule has 1 N–H and O–H groups in total. The van der Waals surface area contributed by atoms with Gasteiger partial charge in [0.2, 0.25) is 0 Å². The van der Waals surface area contributed by atoms with Crippen molar-refractivity contribution in [1.82, 2.24) is 15.5 Å². The van der Waals surface area contributed by atoms with Crippen LogP contribution in [0, 0.1) is 17.1 Å². The fourth-order valence-electron chi connectivity index (χ4n) is 2.19.